The van der Waals surface area contributed by atoms with Gasteiger partial charge in [0, 0.05) is 32.0 Å². The van der Waals surface area contributed by atoms with Crippen LogP contribution >= 0.6 is 0 Å². The summed E-state index contributed by atoms with van der Waals surface area (Å²) >= 11 is 0. The van der Waals surface area contributed by atoms with Crippen molar-refractivity contribution in [2.24, 2.45) is 0 Å². The van der Waals surface area contributed by atoms with E-state index in [4.69, 9.17) is 0 Å². The Balaban J connectivity index is 1.66. The standard InChI is InChI=1S/C18H20N4O3/c23-15-11-21(10-7-14-5-2-1-3-6-14)16(24)13-22(12-15)18(25)17-19-8-4-9-20-17/h1-6,8-9,15,23H,7,10-13H2. The van der Waals surface area contributed by atoms with E-state index in [2.05, 4.69) is 9.97 Å². The third kappa shape index (κ3) is 4.39. The number of β-amino-alcohol motifs (C(OH)–C–C–N with tert-alkyl or cyclic N) is 1. The molecule has 3 rings (SSSR count). The fraction of sp³-hybridized carbons (Fsp3) is 0.333. The number of aliphatic hydroxyl groups excluding tert-OH is 1. The monoisotopic (exact) mass is 340 g/mol. The summed E-state index contributed by atoms with van der Waals surface area (Å²) in [6, 6.07) is 11.5. The fourth-order valence-electron chi connectivity index (χ4n) is 2.83. The summed E-state index contributed by atoms with van der Waals surface area (Å²) in [5, 5.41) is 10.2. The van der Waals surface area contributed by atoms with Crippen LogP contribution < -0.4 is 0 Å². The zero-order valence-corrected chi connectivity index (χ0v) is 13.8. The lowest BCUT2D eigenvalue weighted by atomic mass is 10.1. The van der Waals surface area contributed by atoms with E-state index >= 15 is 0 Å². The topological polar surface area (TPSA) is 86.6 Å². The van der Waals surface area contributed by atoms with Gasteiger partial charge in [-0.1, -0.05) is 30.3 Å². The first-order valence-corrected chi connectivity index (χ1v) is 8.19. The number of nitrogens with zero attached hydrogens (tertiary/aromatic N) is 4. The second-order valence-electron chi connectivity index (χ2n) is 5.99. The molecule has 1 unspecified atom stereocenters. The van der Waals surface area contributed by atoms with E-state index in [9.17, 15) is 14.7 Å². The van der Waals surface area contributed by atoms with Gasteiger partial charge in [-0.15, -0.1) is 0 Å². The fourth-order valence-corrected chi connectivity index (χ4v) is 2.83. The van der Waals surface area contributed by atoms with Crippen LogP contribution in [-0.2, 0) is 11.2 Å². The number of carbonyl (C=O) groups is 2. The highest BCUT2D eigenvalue weighted by molar-refractivity contribution is 5.93. The predicted octanol–water partition coefficient (Wildman–Crippen LogP) is 0.365. The van der Waals surface area contributed by atoms with Crippen molar-refractivity contribution in [1.82, 2.24) is 19.8 Å². The van der Waals surface area contributed by atoms with E-state index in [1.54, 1.807) is 11.0 Å². The molecule has 2 heterocycles. The Labute approximate surface area is 145 Å². The number of carbonyl (C=O) groups excluding carboxylic acids is 2. The Morgan fingerprint density at radius 3 is 2.56 bits per heavy atom. The minimum atomic E-state index is -0.796. The van der Waals surface area contributed by atoms with Crippen LogP contribution in [-0.4, -0.2) is 69.0 Å². The molecule has 7 heteroatoms. The average molecular weight is 340 g/mol. The number of hydrogen-bond acceptors (Lipinski definition) is 5. The van der Waals surface area contributed by atoms with Gasteiger partial charge in [0.05, 0.1) is 6.10 Å². The van der Waals surface area contributed by atoms with Gasteiger partial charge in [0.25, 0.3) is 5.91 Å². The second kappa shape index (κ2) is 7.85. The van der Waals surface area contributed by atoms with Crippen LogP contribution in [0.1, 0.15) is 16.2 Å². The molecule has 1 fully saturated rings. The molecule has 1 aliphatic heterocycles. The maximum absolute atomic E-state index is 12.5. The van der Waals surface area contributed by atoms with Crippen LogP contribution in [0, 0.1) is 0 Å². The minimum absolute atomic E-state index is 0.0280. The molecule has 0 spiro atoms. The van der Waals surface area contributed by atoms with Gasteiger partial charge in [0.1, 0.15) is 6.54 Å². The lowest BCUT2D eigenvalue weighted by Crippen LogP contribution is -2.40. The van der Waals surface area contributed by atoms with Crippen molar-refractivity contribution < 1.29 is 14.7 Å². The number of hydrogen-bond donors (Lipinski definition) is 1. The molecule has 2 amide bonds. The molecule has 1 N–H and O–H groups in total. The maximum atomic E-state index is 12.5. The van der Waals surface area contributed by atoms with Crippen molar-refractivity contribution in [1.29, 1.82) is 0 Å². The summed E-state index contributed by atoms with van der Waals surface area (Å²) in [6.45, 7) is 0.725. The van der Waals surface area contributed by atoms with Gasteiger partial charge in [-0.25, -0.2) is 9.97 Å². The Bertz CT molecular complexity index is 724. The lowest BCUT2D eigenvalue weighted by molar-refractivity contribution is -0.131. The van der Waals surface area contributed by atoms with Crippen molar-refractivity contribution in [3.05, 3.63) is 60.2 Å². The number of amides is 2. The van der Waals surface area contributed by atoms with Crippen molar-refractivity contribution in [3.63, 3.8) is 0 Å². The van der Waals surface area contributed by atoms with E-state index in [-0.39, 0.29) is 31.4 Å². The lowest BCUT2D eigenvalue weighted by Gasteiger charge is -2.21. The summed E-state index contributed by atoms with van der Waals surface area (Å²) < 4.78 is 0. The molecule has 1 atom stereocenters. The van der Waals surface area contributed by atoms with E-state index in [0.29, 0.717) is 13.0 Å². The molecule has 130 valence electrons. The molecular formula is C18H20N4O3. The molecule has 7 nitrogen and oxygen atoms in total. The van der Waals surface area contributed by atoms with Crippen LogP contribution in [0.25, 0.3) is 0 Å². The van der Waals surface area contributed by atoms with E-state index in [1.165, 1.54) is 17.3 Å². The van der Waals surface area contributed by atoms with Crippen molar-refractivity contribution in [3.8, 4) is 0 Å². The molecule has 1 aromatic carbocycles. The first-order chi connectivity index (χ1) is 12.1. The maximum Gasteiger partial charge on any atom is 0.292 e. The van der Waals surface area contributed by atoms with Crippen LogP contribution in [0.2, 0.25) is 0 Å². The smallest absolute Gasteiger partial charge is 0.292 e. The molecule has 2 aromatic rings. The molecular weight excluding hydrogens is 320 g/mol. The van der Waals surface area contributed by atoms with E-state index < -0.39 is 12.0 Å². The predicted molar refractivity (Wildman–Crippen MR) is 90.7 cm³/mol. The number of aromatic nitrogens is 2. The third-order valence-corrected chi connectivity index (χ3v) is 4.10. The highest BCUT2D eigenvalue weighted by Crippen LogP contribution is 2.10. The SMILES string of the molecule is O=C1CN(C(=O)c2ncccn2)CC(O)CN1CCc1ccccc1. The highest BCUT2D eigenvalue weighted by atomic mass is 16.3. The Hall–Kier alpha value is -2.80. The van der Waals surface area contributed by atoms with Gasteiger partial charge >= 0.3 is 0 Å². The molecule has 1 saturated heterocycles. The first kappa shape index (κ1) is 17.0. The molecule has 25 heavy (non-hydrogen) atoms. The summed E-state index contributed by atoms with van der Waals surface area (Å²) in [4.78, 5) is 35.7. The summed E-state index contributed by atoms with van der Waals surface area (Å²) in [5.74, 6) is -0.602. The Morgan fingerprint density at radius 2 is 1.84 bits per heavy atom. The average Bonchev–Trinajstić information content (AvgIpc) is 2.79. The first-order valence-electron chi connectivity index (χ1n) is 8.19. The van der Waals surface area contributed by atoms with E-state index in [0.717, 1.165) is 5.56 Å². The summed E-state index contributed by atoms with van der Waals surface area (Å²) in [5.41, 5.74) is 1.12. The van der Waals surface area contributed by atoms with Crippen molar-refractivity contribution >= 4 is 11.8 Å². The second-order valence-corrected chi connectivity index (χ2v) is 5.99. The highest BCUT2D eigenvalue weighted by Gasteiger charge is 2.30. The van der Waals surface area contributed by atoms with Gasteiger partial charge < -0.3 is 14.9 Å². The molecule has 0 bridgehead atoms. The molecule has 0 aliphatic carbocycles. The zero-order chi connectivity index (χ0) is 17.6. The van der Waals surface area contributed by atoms with Gasteiger partial charge in [-0.05, 0) is 18.1 Å². The number of rotatable bonds is 4. The molecule has 1 aromatic heterocycles. The van der Waals surface area contributed by atoms with Crippen LogP contribution in [0.5, 0.6) is 0 Å². The zero-order valence-electron chi connectivity index (χ0n) is 13.8. The van der Waals surface area contributed by atoms with Gasteiger partial charge in [0.15, 0.2) is 0 Å². The minimum Gasteiger partial charge on any atom is -0.389 e. The van der Waals surface area contributed by atoms with Gasteiger partial charge in [-0.3, -0.25) is 9.59 Å². The Morgan fingerprint density at radius 1 is 1.12 bits per heavy atom. The summed E-state index contributed by atoms with van der Waals surface area (Å²) in [7, 11) is 0. The normalized spacial score (nSPS) is 18.1. The van der Waals surface area contributed by atoms with E-state index in [1.807, 2.05) is 30.3 Å². The van der Waals surface area contributed by atoms with Crippen molar-refractivity contribution in [2.45, 2.75) is 12.5 Å². The van der Waals surface area contributed by atoms with Crippen molar-refractivity contribution in [2.75, 3.05) is 26.2 Å². The van der Waals surface area contributed by atoms with Crippen LogP contribution in [0.3, 0.4) is 0 Å². The molecule has 0 saturated carbocycles. The molecule has 0 radical (unpaired) electrons. The van der Waals surface area contributed by atoms with Gasteiger partial charge in [-0.2, -0.15) is 0 Å². The van der Waals surface area contributed by atoms with Gasteiger partial charge in [0.2, 0.25) is 11.7 Å². The number of aliphatic hydroxyl groups is 1. The summed E-state index contributed by atoms with van der Waals surface area (Å²) in [6.07, 6.45) is 2.86. The Kier molecular flexibility index (Phi) is 5.35. The largest absolute Gasteiger partial charge is 0.389 e. The third-order valence-electron chi connectivity index (χ3n) is 4.10. The quantitative estimate of drug-likeness (QED) is 0.869. The molecule has 1 aliphatic rings. The van der Waals surface area contributed by atoms with Crippen LogP contribution in [0.15, 0.2) is 48.8 Å². The number of benzene rings is 1. The van der Waals surface area contributed by atoms with Crippen LogP contribution in [0.4, 0.5) is 0 Å².